The molecule has 0 fully saturated rings. The van der Waals surface area contributed by atoms with Crippen LogP contribution in [0.15, 0.2) is 24.3 Å². The van der Waals surface area contributed by atoms with Crippen LogP contribution < -0.4 is 4.74 Å². The predicted molar refractivity (Wildman–Crippen MR) is 56.5 cm³/mol. The fraction of sp³-hybridized carbons (Fsp3) is 0.111. The number of amides is 2. The Bertz CT molecular complexity index is 377. The number of halogens is 2. The zero-order chi connectivity index (χ0) is 11.4. The van der Waals surface area contributed by atoms with E-state index in [2.05, 4.69) is 0 Å². The molecular formula is C9H7Cl2NO3. The first-order chi connectivity index (χ1) is 7.00. The number of carbonyl (C=O) groups is 2. The Morgan fingerprint density at radius 3 is 2.27 bits per heavy atom. The standard InChI is InChI=1S/C9H7Cl2NO3/c1-12(8(11)13)9(14)15-7-4-2-6(10)3-5-7/h2-5H,1H3. The molecule has 0 radical (unpaired) electrons. The van der Waals surface area contributed by atoms with Gasteiger partial charge in [-0.15, -0.1) is 0 Å². The van der Waals surface area contributed by atoms with Crippen molar-refractivity contribution in [2.45, 2.75) is 0 Å². The number of benzene rings is 1. The van der Waals surface area contributed by atoms with E-state index in [1.807, 2.05) is 0 Å². The molecule has 80 valence electrons. The van der Waals surface area contributed by atoms with Gasteiger partial charge in [-0.1, -0.05) is 11.6 Å². The molecule has 0 spiro atoms. The lowest BCUT2D eigenvalue weighted by Gasteiger charge is -2.11. The molecule has 1 rings (SSSR count). The average Bonchev–Trinajstić information content (AvgIpc) is 2.20. The minimum absolute atomic E-state index is 0.286. The number of carbonyl (C=O) groups excluding carboxylic acids is 2. The molecule has 0 aliphatic heterocycles. The van der Waals surface area contributed by atoms with Crippen molar-refractivity contribution < 1.29 is 14.3 Å². The van der Waals surface area contributed by atoms with Crippen LogP contribution >= 0.6 is 23.2 Å². The topological polar surface area (TPSA) is 46.6 Å². The van der Waals surface area contributed by atoms with Crippen molar-refractivity contribution in [1.29, 1.82) is 0 Å². The third kappa shape index (κ3) is 3.42. The summed E-state index contributed by atoms with van der Waals surface area (Å²) in [5, 5.41) is -0.384. The Morgan fingerprint density at radius 1 is 1.27 bits per heavy atom. The van der Waals surface area contributed by atoms with E-state index in [1.54, 1.807) is 12.1 Å². The van der Waals surface area contributed by atoms with Crippen molar-refractivity contribution >= 4 is 34.7 Å². The monoisotopic (exact) mass is 247 g/mol. The summed E-state index contributed by atoms with van der Waals surface area (Å²) in [7, 11) is 1.22. The molecular weight excluding hydrogens is 241 g/mol. The van der Waals surface area contributed by atoms with Gasteiger partial charge in [0.1, 0.15) is 5.75 Å². The van der Waals surface area contributed by atoms with Crippen LogP contribution in [0.5, 0.6) is 5.75 Å². The molecule has 0 saturated carbocycles. The SMILES string of the molecule is CN(C(=O)Cl)C(=O)Oc1ccc(Cl)cc1. The van der Waals surface area contributed by atoms with Gasteiger partial charge >= 0.3 is 11.5 Å². The Kier molecular flexibility index (Phi) is 3.94. The van der Waals surface area contributed by atoms with Gasteiger partial charge in [0.05, 0.1) is 0 Å². The molecule has 1 aromatic rings. The summed E-state index contributed by atoms with van der Waals surface area (Å²) < 4.78 is 4.82. The van der Waals surface area contributed by atoms with Crippen LogP contribution in [0.3, 0.4) is 0 Å². The van der Waals surface area contributed by atoms with Gasteiger partial charge in [0, 0.05) is 12.1 Å². The number of rotatable bonds is 1. The summed E-state index contributed by atoms with van der Waals surface area (Å²) in [6, 6.07) is 6.14. The summed E-state index contributed by atoms with van der Waals surface area (Å²) in [5.41, 5.74) is 0. The van der Waals surface area contributed by atoms with E-state index in [-0.39, 0.29) is 5.75 Å². The second kappa shape index (κ2) is 5.00. The number of hydrogen-bond acceptors (Lipinski definition) is 3. The van der Waals surface area contributed by atoms with Crippen LogP contribution in [-0.2, 0) is 0 Å². The largest absolute Gasteiger partial charge is 0.422 e. The molecule has 0 atom stereocenters. The summed E-state index contributed by atoms with van der Waals surface area (Å²) >= 11 is 10.7. The fourth-order valence-electron chi connectivity index (χ4n) is 0.744. The quantitative estimate of drug-likeness (QED) is 0.566. The Hall–Kier alpha value is -1.26. The minimum Gasteiger partial charge on any atom is -0.410 e. The first-order valence-corrected chi connectivity index (χ1v) is 4.67. The lowest BCUT2D eigenvalue weighted by atomic mass is 10.3. The zero-order valence-corrected chi connectivity index (χ0v) is 9.25. The van der Waals surface area contributed by atoms with Crippen LogP contribution in [0.1, 0.15) is 0 Å². The summed E-state index contributed by atoms with van der Waals surface area (Å²) in [6.07, 6.45) is -0.850. The highest BCUT2D eigenvalue weighted by Crippen LogP contribution is 2.16. The van der Waals surface area contributed by atoms with Gasteiger partial charge in [0.15, 0.2) is 0 Å². The molecule has 0 aliphatic carbocycles. The molecule has 0 N–H and O–H groups in total. The van der Waals surface area contributed by atoms with E-state index in [9.17, 15) is 9.59 Å². The summed E-state index contributed by atoms with van der Waals surface area (Å²) in [5.74, 6) is 0.286. The van der Waals surface area contributed by atoms with Gasteiger partial charge in [-0.3, -0.25) is 4.79 Å². The highest BCUT2D eigenvalue weighted by atomic mass is 35.5. The second-order valence-electron chi connectivity index (χ2n) is 2.63. The highest BCUT2D eigenvalue weighted by molar-refractivity contribution is 6.63. The second-order valence-corrected chi connectivity index (χ2v) is 3.39. The van der Waals surface area contributed by atoms with Crippen LogP contribution in [0, 0.1) is 0 Å². The minimum atomic E-state index is -0.908. The van der Waals surface area contributed by atoms with Gasteiger partial charge in [0.2, 0.25) is 0 Å². The first kappa shape index (κ1) is 11.8. The van der Waals surface area contributed by atoms with Crippen molar-refractivity contribution in [2.24, 2.45) is 0 Å². The maximum Gasteiger partial charge on any atom is 0.422 e. The van der Waals surface area contributed by atoms with Crippen molar-refractivity contribution in [3.63, 3.8) is 0 Å². The van der Waals surface area contributed by atoms with E-state index in [0.29, 0.717) is 9.92 Å². The molecule has 0 bridgehead atoms. The van der Waals surface area contributed by atoms with Crippen LogP contribution in [0.25, 0.3) is 0 Å². The molecule has 0 aromatic heterocycles. The lowest BCUT2D eigenvalue weighted by molar-refractivity contribution is 0.170. The van der Waals surface area contributed by atoms with Crippen molar-refractivity contribution in [1.82, 2.24) is 4.90 Å². The molecule has 15 heavy (non-hydrogen) atoms. The zero-order valence-electron chi connectivity index (χ0n) is 7.74. The van der Waals surface area contributed by atoms with Gasteiger partial charge in [-0.25, -0.2) is 9.69 Å². The number of hydrogen-bond donors (Lipinski definition) is 0. The molecule has 0 saturated heterocycles. The van der Waals surface area contributed by atoms with Crippen LogP contribution in [0.4, 0.5) is 9.59 Å². The average molecular weight is 248 g/mol. The van der Waals surface area contributed by atoms with Crippen LogP contribution in [0.2, 0.25) is 5.02 Å². The third-order valence-electron chi connectivity index (χ3n) is 1.56. The maximum absolute atomic E-state index is 11.2. The van der Waals surface area contributed by atoms with E-state index in [0.717, 1.165) is 0 Å². The van der Waals surface area contributed by atoms with Crippen LogP contribution in [-0.4, -0.2) is 23.4 Å². The van der Waals surface area contributed by atoms with Gasteiger partial charge in [0.25, 0.3) is 0 Å². The molecule has 4 nitrogen and oxygen atoms in total. The molecule has 0 unspecified atom stereocenters. The van der Waals surface area contributed by atoms with E-state index >= 15 is 0 Å². The molecule has 6 heteroatoms. The predicted octanol–water partition coefficient (Wildman–Crippen LogP) is 3.13. The smallest absolute Gasteiger partial charge is 0.410 e. The van der Waals surface area contributed by atoms with Gasteiger partial charge in [-0.2, -0.15) is 0 Å². The van der Waals surface area contributed by atoms with Gasteiger partial charge in [-0.05, 0) is 35.9 Å². The highest BCUT2D eigenvalue weighted by Gasteiger charge is 2.16. The molecule has 0 aliphatic rings. The molecule has 1 aromatic carbocycles. The van der Waals surface area contributed by atoms with E-state index < -0.39 is 11.5 Å². The summed E-state index contributed by atoms with van der Waals surface area (Å²) in [6.45, 7) is 0. The Labute approximate surface area is 96.3 Å². The maximum atomic E-state index is 11.2. The van der Waals surface area contributed by atoms with Gasteiger partial charge < -0.3 is 4.74 Å². The lowest BCUT2D eigenvalue weighted by Crippen LogP contribution is -2.31. The summed E-state index contributed by atoms with van der Waals surface area (Å²) in [4.78, 5) is 22.5. The number of imide groups is 1. The first-order valence-electron chi connectivity index (χ1n) is 3.91. The Balaban J connectivity index is 2.66. The third-order valence-corrected chi connectivity index (χ3v) is 2.06. The van der Waals surface area contributed by atoms with E-state index in [1.165, 1.54) is 19.2 Å². The molecule has 0 heterocycles. The van der Waals surface area contributed by atoms with Crippen molar-refractivity contribution in [3.8, 4) is 5.75 Å². The number of nitrogens with zero attached hydrogens (tertiary/aromatic N) is 1. The molecule has 2 amide bonds. The Morgan fingerprint density at radius 2 is 1.80 bits per heavy atom. The number of ether oxygens (including phenoxy) is 1. The van der Waals surface area contributed by atoms with Crippen molar-refractivity contribution in [2.75, 3.05) is 7.05 Å². The van der Waals surface area contributed by atoms with E-state index in [4.69, 9.17) is 27.9 Å². The fourth-order valence-corrected chi connectivity index (χ4v) is 0.939. The normalized spacial score (nSPS) is 9.53. The van der Waals surface area contributed by atoms with Crippen molar-refractivity contribution in [3.05, 3.63) is 29.3 Å².